The zero-order valence-electron chi connectivity index (χ0n) is 12.5. The Bertz CT molecular complexity index is 548. The van der Waals surface area contributed by atoms with Crippen molar-refractivity contribution in [3.8, 4) is 0 Å². The van der Waals surface area contributed by atoms with E-state index in [0.29, 0.717) is 0 Å². The van der Waals surface area contributed by atoms with E-state index in [4.69, 9.17) is 5.11 Å². The summed E-state index contributed by atoms with van der Waals surface area (Å²) >= 11 is 0. The smallest absolute Gasteiger partial charge is 0.296 e. The topological polar surface area (TPSA) is 49.3 Å². The van der Waals surface area contributed by atoms with Gasteiger partial charge < -0.3 is 5.11 Å². The SMILES string of the molecule is CC(C)(C)S(=O)NC(CF)(c1ccccc1F)C(F)(F)CO. The molecule has 2 unspecified atom stereocenters. The Hall–Kier alpha value is -0.990. The van der Waals surface area contributed by atoms with Crippen molar-refractivity contribution in [2.75, 3.05) is 13.3 Å². The second kappa shape index (κ2) is 6.64. The first-order valence-electron chi connectivity index (χ1n) is 6.51. The number of hydrogen-bond acceptors (Lipinski definition) is 2. The van der Waals surface area contributed by atoms with E-state index in [2.05, 4.69) is 0 Å². The molecule has 3 nitrogen and oxygen atoms in total. The molecule has 0 bridgehead atoms. The van der Waals surface area contributed by atoms with E-state index in [9.17, 15) is 21.8 Å². The molecule has 0 aliphatic rings. The highest BCUT2D eigenvalue weighted by Crippen LogP contribution is 2.40. The summed E-state index contributed by atoms with van der Waals surface area (Å²) in [6.07, 6.45) is 0. The predicted molar refractivity (Wildman–Crippen MR) is 77.1 cm³/mol. The maximum Gasteiger partial charge on any atom is 0.296 e. The van der Waals surface area contributed by atoms with E-state index in [-0.39, 0.29) is 0 Å². The molecule has 8 heteroatoms. The summed E-state index contributed by atoms with van der Waals surface area (Å²) in [5.74, 6) is -5.14. The number of alkyl halides is 3. The number of benzene rings is 1. The van der Waals surface area contributed by atoms with Crippen LogP contribution in [0.15, 0.2) is 24.3 Å². The van der Waals surface area contributed by atoms with Crippen molar-refractivity contribution in [3.05, 3.63) is 35.6 Å². The Morgan fingerprint density at radius 2 is 1.77 bits per heavy atom. The first kappa shape index (κ1) is 19.1. The van der Waals surface area contributed by atoms with E-state index >= 15 is 0 Å². The van der Waals surface area contributed by atoms with Gasteiger partial charge in [0, 0.05) is 5.56 Å². The van der Waals surface area contributed by atoms with Crippen molar-refractivity contribution in [3.63, 3.8) is 0 Å². The van der Waals surface area contributed by atoms with E-state index < -0.39 is 51.9 Å². The van der Waals surface area contributed by atoms with Crippen LogP contribution in [0.4, 0.5) is 17.6 Å². The maximum absolute atomic E-state index is 14.2. The number of aliphatic hydroxyl groups excluding tert-OH is 1. The van der Waals surface area contributed by atoms with Crippen LogP contribution in [0, 0.1) is 5.82 Å². The van der Waals surface area contributed by atoms with Crippen molar-refractivity contribution in [2.45, 2.75) is 37.0 Å². The molecule has 0 heterocycles. The number of hydrogen-bond donors (Lipinski definition) is 2. The molecule has 0 saturated carbocycles. The molecule has 0 radical (unpaired) electrons. The molecular weight excluding hydrogens is 322 g/mol. The summed E-state index contributed by atoms with van der Waals surface area (Å²) in [7, 11) is -2.11. The van der Waals surface area contributed by atoms with Gasteiger partial charge in [0.15, 0.2) is 5.54 Å². The van der Waals surface area contributed by atoms with E-state index in [1.54, 1.807) is 0 Å². The first-order valence-corrected chi connectivity index (χ1v) is 7.66. The lowest BCUT2D eigenvalue weighted by molar-refractivity contribution is -0.127. The standard InChI is InChI=1S/C14H19F4NO2S/c1-12(2,3)22(21)19-13(8-15,14(17,18)9-20)10-6-4-5-7-11(10)16/h4-7,19-20H,8-9H2,1-3H3. The maximum atomic E-state index is 14.2. The lowest BCUT2D eigenvalue weighted by atomic mass is 9.85. The molecule has 126 valence electrons. The van der Waals surface area contributed by atoms with Gasteiger partial charge in [0.2, 0.25) is 0 Å². The van der Waals surface area contributed by atoms with Gasteiger partial charge in [-0.15, -0.1) is 0 Å². The van der Waals surface area contributed by atoms with Crippen LogP contribution in [0.3, 0.4) is 0 Å². The van der Waals surface area contributed by atoms with Gasteiger partial charge in [0.1, 0.15) is 19.1 Å². The molecular formula is C14H19F4NO2S. The highest BCUT2D eigenvalue weighted by molar-refractivity contribution is 7.84. The summed E-state index contributed by atoms with van der Waals surface area (Å²) in [4.78, 5) is 0. The Balaban J connectivity index is 3.51. The third kappa shape index (κ3) is 3.49. The summed E-state index contributed by atoms with van der Waals surface area (Å²) < 4.78 is 69.3. The van der Waals surface area contributed by atoms with Gasteiger partial charge in [-0.25, -0.2) is 26.5 Å². The Morgan fingerprint density at radius 1 is 1.23 bits per heavy atom. The first-order chi connectivity index (χ1) is 10.0. The average Bonchev–Trinajstić information content (AvgIpc) is 2.44. The van der Waals surface area contributed by atoms with Crippen LogP contribution in [-0.2, 0) is 16.5 Å². The van der Waals surface area contributed by atoms with Crippen LogP contribution in [-0.4, -0.2) is 33.3 Å². The molecule has 0 aliphatic carbocycles. The lowest BCUT2D eigenvalue weighted by Gasteiger charge is -2.39. The Kier molecular flexibility index (Phi) is 5.75. The fourth-order valence-electron chi connectivity index (χ4n) is 1.78. The molecule has 2 N–H and O–H groups in total. The van der Waals surface area contributed by atoms with Crippen molar-refractivity contribution in [1.82, 2.24) is 4.72 Å². The molecule has 0 fully saturated rings. The predicted octanol–water partition coefficient (Wildman–Crippen LogP) is 2.67. The summed E-state index contributed by atoms with van der Waals surface area (Å²) in [6, 6.07) is 4.40. The molecule has 22 heavy (non-hydrogen) atoms. The molecule has 0 amide bonds. The number of aliphatic hydroxyl groups is 1. The molecule has 0 spiro atoms. The molecule has 2 atom stereocenters. The highest BCUT2D eigenvalue weighted by atomic mass is 32.2. The summed E-state index contributed by atoms with van der Waals surface area (Å²) in [5.41, 5.74) is -3.61. The van der Waals surface area contributed by atoms with E-state index in [1.165, 1.54) is 32.9 Å². The molecule has 1 aromatic carbocycles. The minimum Gasteiger partial charge on any atom is -0.390 e. The van der Waals surface area contributed by atoms with Crippen molar-refractivity contribution >= 4 is 11.0 Å². The van der Waals surface area contributed by atoms with Gasteiger partial charge >= 0.3 is 0 Å². The number of nitrogens with one attached hydrogen (secondary N) is 1. The zero-order chi connectivity index (χ0) is 17.2. The zero-order valence-corrected chi connectivity index (χ0v) is 13.3. The van der Waals surface area contributed by atoms with Crippen LogP contribution in [0.25, 0.3) is 0 Å². The monoisotopic (exact) mass is 341 g/mol. The fourth-order valence-corrected chi connectivity index (χ4v) is 2.71. The Labute approximate surface area is 129 Å². The average molecular weight is 341 g/mol. The van der Waals surface area contributed by atoms with Crippen LogP contribution in [0.5, 0.6) is 0 Å². The van der Waals surface area contributed by atoms with Gasteiger partial charge in [-0.05, 0) is 26.8 Å². The molecule has 0 aliphatic heterocycles. The van der Waals surface area contributed by atoms with Crippen molar-refractivity contribution in [1.29, 1.82) is 0 Å². The van der Waals surface area contributed by atoms with E-state index in [1.807, 2.05) is 4.72 Å². The van der Waals surface area contributed by atoms with Crippen LogP contribution in [0.2, 0.25) is 0 Å². The second-order valence-electron chi connectivity index (χ2n) is 5.86. The van der Waals surface area contributed by atoms with Crippen molar-refractivity contribution in [2.24, 2.45) is 0 Å². The second-order valence-corrected chi connectivity index (χ2v) is 7.83. The fraction of sp³-hybridized carbons (Fsp3) is 0.571. The van der Waals surface area contributed by atoms with Gasteiger partial charge in [0.05, 0.1) is 15.7 Å². The summed E-state index contributed by atoms with van der Waals surface area (Å²) in [5, 5.41) is 8.95. The summed E-state index contributed by atoms with van der Waals surface area (Å²) in [6.45, 7) is 1.02. The largest absolute Gasteiger partial charge is 0.390 e. The lowest BCUT2D eigenvalue weighted by Crippen LogP contribution is -2.61. The van der Waals surface area contributed by atoms with Crippen molar-refractivity contribution < 1.29 is 26.9 Å². The van der Waals surface area contributed by atoms with Gasteiger partial charge in [-0.1, -0.05) is 18.2 Å². The van der Waals surface area contributed by atoms with Gasteiger partial charge in [-0.3, -0.25) is 0 Å². The molecule has 0 saturated heterocycles. The third-order valence-corrected chi connectivity index (χ3v) is 4.83. The highest BCUT2D eigenvalue weighted by Gasteiger charge is 2.57. The minimum absolute atomic E-state index is 0.686. The molecule has 1 rings (SSSR count). The number of rotatable bonds is 6. The molecule has 1 aromatic rings. The van der Waals surface area contributed by atoms with Gasteiger partial charge in [0.25, 0.3) is 5.92 Å². The normalized spacial score (nSPS) is 17.1. The number of halogens is 4. The third-order valence-electron chi connectivity index (χ3n) is 3.18. The molecule has 0 aromatic heterocycles. The van der Waals surface area contributed by atoms with Crippen LogP contribution < -0.4 is 4.72 Å². The minimum atomic E-state index is -4.06. The van der Waals surface area contributed by atoms with Gasteiger partial charge in [-0.2, -0.15) is 0 Å². The van der Waals surface area contributed by atoms with Crippen LogP contribution in [0.1, 0.15) is 26.3 Å². The van der Waals surface area contributed by atoms with E-state index in [0.717, 1.165) is 12.1 Å². The van der Waals surface area contributed by atoms with Crippen LogP contribution >= 0.6 is 0 Å². The Morgan fingerprint density at radius 3 is 2.18 bits per heavy atom. The quantitative estimate of drug-likeness (QED) is 0.782.